The van der Waals surface area contributed by atoms with Crippen LogP contribution >= 0.6 is 0 Å². The SMILES string of the molecule is CCCOCc1noc(C2(CN)CCCC2)n1. The zero-order chi connectivity index (χ0) is 12.1. The quantitative estimate of drug-likeness (QED) is 0.766. The average molecular weight is 239 g/mol. The lowest BCUT2D eigenvalue weighted by molar-refractivity contribution is 0.114. The molecule has 0 saturated heterocycles. The van der Waals surface area contributed by atoms with Crippen LogP contribution < -0.4 is 5.73 Å². The molecule has 2 rings (SSSR count). The molecule has 5 heteroatoms. The third kappa shape index (κ3) is 2.66. The summed E-state index contributed by atoms with van der Waals surface area (Å²) in [7, 11) is 0. The average Bonchev–Trinajstić information content (AvgIpc) is 2.98. The molecule has 1 aliphatic carbocycles. The standard InChI is InChI=1S/C12H21N3O2/c1-2-7-16-8-10-14-11(17-15-10)12(9-13)5-3-4-6-12/h2-9,13H2,1H3. The Labute approximate surface area is 102 Å². The summed E-state index contributed by atoms with van der Waals surface area (Å²) in [6, 6.07) is 0. The highest BCUT2D eigenvalue weighted by molar-refractivity contribution is 5.08. The van der Waals surface area contributed by atoms with Crippen LogP contribution in [0.4, 0.5) is 0 Å². The molecule has 96 valence electrons. The molecule has 5 nitrogen and oxygen atoms in total. The summed E-state index contributed by atoms with van der Waals surface area (Å²) in [6.07, 6.45) is 5.50. The summed E-state index contributed by atoms with van der Waals surface area (Å²) in [4.78, 5) is 4.42. The van der Waals surface area contributed by atoms with E-state index in [2.05, 4.69) is 17.1 Å². The van der Waals surface area contributed by atoms with Crippen LogP contribution in [0.15, 0.2) is 4.52 Å². The number of rotatable bonds is 6. The molecule has 0 atom stereocenters. The lowest BCUT2D eigenvalue weighted by atomic mass is 9.86. The van der Waals surface area contributed by atoms with Gasteiger partial charge in [0.25, 0.3) is 0 Å². The van der Waals surface area contributed by atoms with Crippen molar-refractivity contribution in [3.8, 4) is 0 Å². The second-order valence-corrected chi connectivity index (χ2v) is 4.76. The van der Waals surface area contributed by atoms with E-state index < -0.39 is 0 Å². The van der Waals surface area contributed by atoms with Gasteiger partial charge in [-0.3, -0.25) is 0 Å². The Bertz CT molecular complexity index is 345. The van der Waals surface area contributed by atoms with E-state index in [1.54, 1.807) is 0 Å². The topological polar surface area (TPSA) is 74.2 Å². The molecule has 2 N–H and O–H groups in total. The van der Waals surface area contributed by atoms with Crippen LogP contribution in [0.2, 0.25) is 0 Å². The Morgan fingerprint density at radius 2 is 2.18 bits per heavy atom. The molecule has 0 bridgehead atoms. The van der Waals surface area contributed by atoms with E-state index in [4.69, 9.17) is 15.0 Å². The normalized spacial score (nSPS) is 18.7. The minimum absolute atomic E-state index is 0.0734. The summed E-state index contributed by atoms with van der Waals surface area (Å²) < 4.78 is 10.7. The number of nitrogens with two attached hydrogens (primary N) is 1. The number of ether oxygens (including phenoxy) is 1. The van der Waals surface area contributed by atoms with E-state index in [1.807, 2.05) is 0 Å². The third-order valence-electron chi connectivity index (χ3n) is 3.45. The van der Waals surface area contributed by atoms with Gasteiger partial charge in [-0.25, -0.2) is 0 Å². The second-order valence-electron chi connectivity index (χ2n) is 4.76. The summed E-state index contributed by atoms with van der Waals surface area (Å²) >= 11 is 0. The summed E-state index contributed by atoms with van der Waals surface area (Å²) in [6.45, 7) is 3.82. The van der Waals surface area contributed by atoms with Crippen molar-refractivity contribution >= 4 is 0 Å². The number of hydrogen-bond donors (Lipinski definition) is 1. The number of nitrogens with zero attached hydrogens (tertiary/aromatic N) is 2. The van der Waals surface area contributed by atoms with Crippen molar-refractivity contribution in [1.29, 1.82) is 0 Å². The zero-order valence-electron chi connectivity index (χ0n) is 10.4. The number of hydrogen-bond acceptors (Lipinski definition) is 5. The highest BCUT2D eigenvalue weighted by atomic mass is 16.5. The van der Waals surface area contributed by atoms with Crippen LogP contribution in [0.5, 0.6) is 0 Å². The van der Waals surface area contributed by atoms with E-state index in [-0.39, 0.29) is 5.41 Å². The zero-order valence-corrected chi connectivity index (χ0v) is 10.4. The van der Waals surface area contributed by atoms with Crippen molar-refractivity contribution in [2.75, 3.05) is 13.2 Å². The molecule has 0 amide bonds. The Kier molecular flexibility index (Phi) is 4.12. The van der Waals surface area contributed by atoms with E-state index >= 15 is 0 Å². The summed E-state index contributed by atoms with van der Waals surface area (Å²) in [5, 5.41) is 3.96. The maximum absolute atomic E-state index is 5.87. The number of aromatic nitrogens is 2. The molecule has 0 spiro atoms. The molecule has 0 unspecified atom stereocenters. The molecule has 1 aliphatic rings. The fourth-order valence-corrected chi connectivity index (χ4v) is 2.39. The van der Waals surface area contributed by atoms with Gasteiger partial charge in [-0.2, -0.15) is 4.98 Å². The summed E-state index contributed by atoms with van der Waals surface area (Å²) in [5.41, 5.74) is 5.80. The van der Waals surface area contributed by atoms with Gasteiger partial charge < -0.3 is 15.0 Å². The molecule has 1 aromatic heterocycles. The largest absolute Gasteiger partial charge is 0.373 e. The first-order valence-electron chi connectivity index (χ1n) is 6.41. The van der Waals surface area contributed by atoms with Gasteiger partial charge in [0.05, 0.1) is 5.41 Å². The first kappa shape index (κ1) is 12.5. The minimum atomic E-state index is -0.0734. The maximum Gasteiger partial charge on any atom is 0.234 e. The predicted molar refractivity (Wildman–Crippen MR) is 63.4 cm³/mol. The van der Waals surface area contributed by atoms with Crippen molar-refractivity contribution < 1.29 is 9.26 Å². The van der Waals surface area contributed by atoms with Crippen LogP contribution in [-0.2, 0) is 16.8 Å². The van der Waals surface area contributed by atoms with Gasteiger partial charge in [0.15, 0.2) is 5.82 Å². The van der Waals surface area contributed by atoms with Crippen molar-refractivity contribution in [3.05, 3.63) is 11.7 Å². The highest BCUT2D eigenvalue weighted by Gasteiger charge is 2.39. The minimum Gasteiger partial charge on any atom is -0.373 e. The molecule has 1 fully saturated rings. The van der Waals surface area contributed by atoms with Gasteiger partial charge >= 0.3 is 0 Å². The molecule has 1 saturated carbocycles. The first-order chi connectivity index (χ1) is 8.30. The Hall–Kier alpha value is -0.940. The molecule has 17 heavy (non-hydrogen) atoms. The molecular weight excluding hydrogens is 218 g/mol. The molecule has 1 aromatic rings. The van der Waals surface area contributed by atoms with Gasteiger partial charge in [0, 0.05) is 13.2 Å². The smallest absolute Gasteiger partial charge is 0.234 e. The molecule has 1 heterocycles. The fraction of sp³-hybridized carbons (Fsp3) is 0.833. The maximum atomic E-state index is 5.87. The van der Waals surface area contributed by atoms with Crippen molar-refractivity contribution in [1.82, 2.24) is 10.1 Å². The van der Waals surface area contributed by atoms with Crippen LogP contribution in [-0.4, -0.2) is 23.3 Å². The molecule has 0 aliphatic heterocycles. The van der Waals surface area contributed by atoms with E-state index in [0.29, 0.717) is 24.9 Å². The van der Waals surface area contributed by atoms with Gasteiger partial charge in [-0.15, -0.1) is 0 Å². The molecule has 0 aromatic carbocycles. The lowest BCUT2D eigenvalue weighted by Crippen LogP contribution is -2.32. The van der Waals surface area contributed by atoms with Gasteiger partial charge in [-0.1, -0.05) is 24.9 Å². The van der Waals surface area contributed by atoms with Gasteiger partial charge in [0.1, 0.15) is 6.61 Å². The van der Waals surface area contributed by atoms with Gasteiger partial charge in [-0.05, 0) is 19.3 Å². The van der Waals surface area contributed by atoms with Crippen molar-refractivity contribution in [2.45, 2.75) is 51.0 Å². The summed E-state index contributed by atoms with van der Waals surface area (Å²) in [5.74, 6) is 1.33. The van der Waals surface area contributed by atoms with Crippen LogP contribution in [0.3, 0.4) is 0 Å². The Morgan fingerprint density at radius 1 is 1.41 bits per heavy atom. The first-order valence-corrected chi connectivity index (χ1v) is 6.41. The highest BCUT2D eigenvalue weighted by Crippen LogP contribution is 2.39. The third-order valence-corrected chi connectivity index (χ3v) is 3.45. The predicted octanol–water partition coefficient (Wildman–Crippen LogP) is 1.77. The fourth-order valence-electron chi connectivity index (χ4n) is 2.39. The van der Waals surface area contributed by atoms with Crippen LogP contribution in [0.25, 0.3) is 0 Å². The van der Waals surface area contributed by atoms with Crippen LogP contribution in [0, 0.1) is 0 Å². The Balaban J connectivity index is 2.01. The van der Waals surface area contributed by atoms with Crippen molar-refractivity contribution in [2.24, 2.45) is 5.73 Å². The van der Waals surface area contributed by atoms with E-state index in [0.717, 1.165) is 25.9 Å². The molecule has 0 radical (unpaired) electrons. The monoisotopic (exact) mass is 239 g/mol. The lowest BCUT2D eigenvalue weighted by Gasteiger charge is -2.21. The Morgan fingerprint density at radius 3 is 2.82 bits per heavy atom. The van der Waals surface area contributed by atoms with Crippen molar-refractivity contribution in [3.63, 3.8) is 0 Å². The van der Waals surface area contributed by atoms with E-state index in [9.17, 15) is 0 Å². The second kappa shape index (κ2) is 5.60. The molecular formula is C12H21N3O2. The van der Waals surface area contributed by atoms with Gasteiger partial charge in [0.2, 0.25) is 5.89 Å². The van der Waals surface area contributed by atoms with Crippen LogP contribution in [0.1, 0.15) is 50.7 Å². The van der Waals surface area contributed by atoms with E-state index in [1.165, 1.54) is 12.8 Å².